The van der Waals surface area contributed by atoms with Gasteiger partial charge in [0.25, 0.3) is 5.91 Å². The molecule has 92 valence electrons. The van der Waals surface area contributed by atoms with Crippen LogP contribution in [-0.4, -0.2) is 48.3 Å². The average Bonchev–Trinajstić information content (AvgIpc) is 2.37. The van der Waals surface area contributed by atoms with E-state index < -0.39 is 0 Å². The summed E-state index contributed by atoms with van der Waals surface area (Å²) in [5.74, 6) is -0.325. The molecule has 0 radical (unpaired) electrons. The van der Waals surface area contributed by atoms with Gasteiger partial charge < -0.3 is 14.8 Å². The van der Waals surface area contributed by atoms with Crippen molar-refractivity contribution < 1.29 is 14.3 Å². The molecule has 0 spiro atoms. The highest BCUT2D eigenvalue weighted by molar-refractivity contribution is 6.29. The number of aromatic nitrogens is 2. The lowest BCUT2D eigenvalue weighted by atomic mass is 10.3. The van der Waals surface area contributed by atoms with E-state index in [1.165, 1.54) is 12.4 Å². The van der Waals surface area contributed by atoms with Gasteiger partial charge >= 0.3 is 0 Å². The standard InChI is InChI=1S/C10H12ClN3O3/c11-9-5-12-4-8(14-9)10(15)13-3-7-6-16-1-2-17-7/h4-5,7H,1-3,6H2,(H,13,15). The Balaban J connectivity index is 1.84. The molecule has 1 atom stereocenters. The smallest absolute Gasteiger partial charge is 0.271 e. The molecular weight excluding hydrogens is 246 g/mol. The topological polar surface area (TPSA) is 73.3 Å². The summed E-state index contributed by atoms with van der Waals surface area (Å²) in [7, 11) is 0. The van der Waals surface area contributed by atoms with E-state index in [4.69, 9.17) is 21.1 Å². The molecule has 1 aromatic heterocycles. The Kier molecular flexibility index (Phi) is 4.24. The second kappa shape index (κ2) is 5.90. The molecule has 1 aliphatic heterocycles. The van der Waals surface area contributed by atoms with E-state index in [2.05, 4.69) is 15.3 Å². The predicted octanol–water partition coefficient (Wildman–Crippen LogP) is 0.275. The molecular formula is C10H12ClN3O3. The molecule has 0 saturated carbocycles. The first-order valence-electron chi connectivity index (χ1n) is 5.21. The van der Waals surface area contributed by atoms with Gasteiger partial charge in [-0.2, -0.15) is 0 Å². The maximum atomic E-state index is 11.7. The molecule has 1 saturated heterocycles. The zero-order chi connectivity index (χ0) is 12.1. The van der Waals surface area contributed by atoms with E-state index in [0.717, 1.165) is 0 Å². The van der Waals surface area contributed by atoms with E-state index in [9.17, 15) is 4.79 Å². The summed E-state index contributed by atoms with van der Waals surface area (Å²) in [6.45, 7) is 2.02. The minimum absolute atomic E-state index is 0.111. The summed E-state index contributed by atoms with van der Waals surface area (Å²) in [6.07, 6.45) is 2.62. The molecule has 1 N–H and O–H groups in total. The highest BCUT2D eigenvalue weighted by Crippen LogP contribution is 2.03. The van der Waals surface area contributed by atoms with E-state index in [1.54, 1.807) is 0 Å². The highest BCUT2D eigenvalue weighted by atomic mass is 35.5. The van der Waals surface area contributed by atoms with Crippen LogP contribution >= 0.6 is 11.6 Å². The molecule has 2 heterocycles. The Morgan fingerprint density at radius 1 is 1.53 bits per heavy atom. The van der Waals surface area contributed by atoms with Crippen LogP contribution < -0.4 is 5.32 Å². The summed E-state index contributed by atoms with van der Waals surface area (Å²) in [5, 5.41) is 2.88. The molecule has 1 aromatic rings. The van der Waals surface area contributed by atoms with Crippen molar-refractivity contribution in [2.45, 2.75) is 6.10 Å². The van der Waals surface area contributed by atoms with E-state index in [1.807, 2.05) is 0 Å². The van der Waals surface area contributed by atoms with Crippen LogP contribution in [0.3, 0.4) is 0 Å². The van der Waals surface area contributed by atoms with Gasteiger partial charge in [-0.1, -0.05) is 11.6 Å². The number of rotatable bonds is 3. The fraction of sp³-hybridized carbons (Fsp3) is 0.500. The SMILES string of the molecule is O=C(NCC1COCCO1)c1cncc(Cl)n1. The lowest BCUT2D eigenvalue weighted by Gasteiger charge is -2.22. The first-order chi connectivity index (χ1) is 8.25. The average molecular weight is 258 g/mol. The van der Waals surface area contributed by atoms with Crippen LogP contribution in [0.4, 0.5) is 0 Å². The quantitative estimate of drug-likeness (QED) is 0.842. The van der Waals surface area contributed by atoms with Gasteiger partial charge in [-0.25, -0.2) is 4.98 Å². The van der Waals surface area contributed by atoms with Crippen molar-refractivity contribution >= 4 is 17.5 Å². The molecule has 1 amide bonds. The van der Waals surface area contributed by atoms with Crippen molar-refractivity contribution in [3.05, 3.63) is 23.2 Å². The summed E-state index contributed by atoms with van der Waals surface area (Å²) in [6, 6.07) is 0. The van der Waals surface area contributed by atoms with Crippen LogP contribution in [0.15, 0.2) is 12.4 Å². The molecule has 1 fully saturated rings. The van der Waals surface area contributed by atoms with E-state index in [0.29, 0.717) is 26.4 Å². The zero-order valence-electron chi connectivity index (χ0n) is 9.06. The number of hydrogen-bond donors (Lipinski definition) is 1. The Morgan fingerprint density at radius 2 is 2.41 bits per heavy atom. The fourth-order valence-corrected chi connectivity index (χ4v) is 1.55. The van der Waals surface area contributed by atoms with Gasteiger partial charge in [0.05, 0.1) is 38.3 Å². The minimum atomic E-state index is -0.325. The molecule has 1 aliphatic rings. The Labute approximate surface area is 103 Å². The van der Waals surface area contributed by atoms with Crippen molar-refractivity contribution in [3.8, 4) is 0 Å². The highest BCUT2D eigenvalue weighted by Gasteiger charge is 2.16. The number of nitrogens with zero attached hydrogens (tertiary/aromatic N) is 2. The number of amides is 1. The monoisotopic (exact) mass is 257 g/mol. The first kappa shape index (κ1) is 12.2. The lowest BCUT2D eigenvalue weighted by molar-refractivity contribution is -0.0855. The van der Waals surface area contributed by atoms with E-state index >= 15 is 0 Å². The summed E-state index contributed by atoms with van der Waals surface area (Å²) in [5.41, 5.74) is 0.189. The van der Waals surface area contributed by atoms with Crippen LogP contribution in [0.25, 0.3) is 0 Å². The van der Waals surface area contributed by atoms with E-state index in [-0.39, 0.29) is 22.9 Å². The second-order valence-corrected chi connectivity index (χ2v) is 3.89. The number of carbonyl (C=O) groups is 1. The number of carbonyl (C=O) groups excluding carboxylic acids is 1. The molecule has 6 nitrogen and oxygen atoms in total. The van der Waals surface area contributed by atoms with Crippen LogP contribution in [-0.2, 0) is 9.47 Å². The molecule has 2 rings (SSSR count). The lowest BCUT2D eigenvalue weighted by Crippen LogP contribution is -2.39. The van der Waals surface area contributed by atoms with Crippen molar-refractivity contribution in [1.29, 1.82) is 0 Å². The molecule has 1 unspecified atom stereocenters. The summed E-state index contributed by atoms with van der Waals surface area (Å²) < 4.78 is 10.6. The Morgan fingerprint density at radius 3 is 3.12 bits per heavy atom. The van der Waals surface area contributed by atoms with Crippen molar-refractivity contribution in [2.24, 2.45) is 0 Å². The van der Waals surface area contributed by atoms with Gasteiger partial charge in [-0.05, 0) is 0 Å². The van der Waals surface area contributed by atoms with Gasteiger partial charge in [-0.15, -0.1) is 0 Å². The summed E-state index contributed by atoms with van der Waals surface area (Å²) in [4.78, 5) is 19.3. The molecule has 17 heavy (non-hydrogen) atoms. The second-order valence-electron chi connectivity index (χ2n) is 3.50. The normalized spacial score (nSPS) is 19.9. The van der Waals surface area contributed by atoms with Crippen molar-refractivity contribution in [2.75, 3.05) is 26.4 Å². The Bertz CT molecular complexity index is 396. The predicted molar refractivity (Wildman–Crippen MR) is 59.9 cm³/mol. The molecule has 0 bridgehead atoms. The van der Waals surface area contributed by atoms with Gasteiger partial charge in [0.15, 0.2) is 0 Å². The maximum Gasteiger partial charge on any atom is 0.271 e. The third-order valence-corrected chi connectivity index (χ3v) is 2.40. The molecule has 7 heteroatoms. The van der Waals surface area contributed by atoms with Gasteiger partial charge in [0, 0.05) is 6.54 Å². The minimum Gasteiger partial charge on any atom is -0.376 e. The summed E-state index contributed by atoms with van der Waals surface area (Å²) >= 11 is 5.64. The number of hydrogen-bond acceptors (Lipinski definition) is 5. The van der Waals surface area contributed by atoms with Crippen LogP contribution in [0.5, 0.6) is 0 Å². The maximum absolute atomic E-state index is 11.7. The number of ether oxygens (including phenoxy) is 2. The fourth-order valence-electron chi connectivity index (χ4n) is 1.40. The van der Waals surface area contributed by atoms with Gasteiger partial charge in [-0.3, -0.25) is 9.78 Å². The van der Waals surface area contributed by atoms with Gasteiger partial charge in [0.2, 0.25) is 0 Å². The third kappa shape index (κ3) is 3.62. The molecule has 0 aromatic carbocycles. The van der Waals surface area contributed by atoms with Crippen molar-refractivity contribution in [1.82, 2.24) is 15.3 Å². The number of nitrogens with one attached hydrogen (secondary N) is 1. The van der Waals surface area contributed by atoms with Crippen molar-refractivity contribution in [3.63, 3.8) is 0 Å². The Hall–Kier alpha value is -1.24. The number of halogens is 1. The largest absolute Gasteiger partial charge is 0.376 e. The molecule has 0 aliphatic carbocycles. The van der Waals surface area contributed by atoms with Crippen LogP contribution in [0, 0.1) is 0 Å². The third-order valence-electron chi connectivity index (χ3n) is 2.21. The zero-order valence-corrected chi connectivity index (χ0v) is 9.81. The first-order valence-corrected chi connectivity index (χ1v) is 5.58. The van der Waals surface area contributed by atoms with Gasteiger partial charge in [0.1, 0.15) is 10.8 Å². The van der Waals surface area contributed by atoms with Crippen LogP contribution in [0.2, 0.25) is 5.15 Å². The van der Waals surface area contributed by atoms with Crippen LogP contribution in [0.1, 0.15) is 10.5 Å².